The third kappa shape index (κ3) is 2.52. The maximum absolute atomic E-state index is 11.3. The second kappa shape index (κ2) is 4.40. The third-order valence-corrected chi connectivity index (χ3v) is 3.68. The Morgan fingerprint density at radius 2 is 2.00 bits per heavy atom. The number of sulfonamides is 1. The van der Waals surface area contributed by atoms with Gasteiger partial charge >= 0.3 is 0 Å². The van der Waals surface area contributed by atoms with Gasteiger partial charge in [0.25, 0.3) is 0 Å². The van der Waals surface area contributed by atoms with Gasteiger partial charge in [-0.3, -0.25) is 0 Å². The van der Waals surface area contributed by atoms with Gasteiger partial charge in [0.1, 0.15) is 17.1 Å². The molecule has 1 fully saturated rings. The molecule has 6 heteroatoms. The summed E-state index contributed by atoms with van der Waals surface area (Å²) in [5, 5.41) is 7.23. The van der Waals surface area contributed by atoms with Crippen LogP contribution in [0.25, 0.3) is 0 Å². The van der Waals surface area contributed by atoms with Gasteiger partial charge in [-0.2, -0.15) is 0 Å². The van der Waals surface area contributed by atoms with Crippen LogP contribution in [-0.4, -0.2) is 26.3 Å². The van der Waals surface area contributed by atoms with Crippen molar-refractivity contribution in [2.45, 2.75) is 11.4 Å². The molecule has 2 atom stereocenters. The van der Waals surface area contributed by atoms with Gasteiger partial charge in [0.05, 0.1) is 6.54 Å². The summed E-state index contributed by atoms with van der Waals surface area (Å²) in [5.41, 5.74) is 0. The molecule has 5 nitrogen and oxygen atoms in total. The predicted octanol–water partition coefficient (Wildman–Crippen LogP) is -0.144. The Morgan fingerprint density at radius 1 is 1.31 bits per heavy atom. The second-order valence-corrected chi connectivity index (χ2v) is 5.38. The average Bonchev–Trinajstić information content (AvgIpc) is 2.67. The molecular formula is C10H13N2O3S. The molecule has 2 unspecified atom stereocenters. The van der Waals surface area contributed by atoms with Crippen LogP contribution >= 0.6 is 0 Å². The van der Waals surface area contributed by atoms with E-state index in [1.165, 1.54) is 0 Å². The zero-order valence-electron chi connectivity index (χ0n) is 8.54. The van der Waals surface area contributed by atoms with Gasteiger partial charge < -0.3 is 10.1 Å². The molecule has 0 aromatic heterocycles. The van der Waals surface area contributed by atoms with Crippen LogP contribution < -0.4 is 15.2 Å². The number of benzene rings is 1. The lowest BCUT2D eigenvalue weighted by atomic mass is 10.3. The van der Waals surface area contributed by atoms with Crippen molar-refractivity contribution in [2.75, 3.05) is 6.54 Å². The monoisotopic (exact) mass is 241 g/mol. The lowest BCUT2D eigenvalue weighted by Crippen LogP contribution is -2.40. The molecule has 0 bridgehead atoms. The standard InChI is InChI=1S/C10H13N2O3S/c11-16(13,14)10-7-12-6-9(10)15-8-4-2-1-3-5-8/h1-6,9-10,12H,7H2,(H2,11,13,14). The van der Waals surface area contributed by atoms with Crippen molar-refractivity contribution >= 4 is 10.0 Å². The Labute approximate surface area is 94.6 Å². The summed E-state index contributed by atoms with van der Waals surface area (Å²) in [4.78, 5) is 0. The minimum absolute atomic E-state index is 0.288. The number of hydrogen-bond acceptors (Lipinski definition) is 4. The van der Waals surface area contributed by atoms with E-state index in [-0.39, 0.29) is 6.54 Å². The van der Waals surface area contributed by atoms with Crippen molar-refractivity contribution < 1.29 is 13.2 Å². The molecular weight excluding hydrogens is 228 g/mol. The fraction of sp³-hybridized carbons (Fsp3) is 0.300. The first-order valence-electron chi connectivity index (χ1n) is 4.87. The molecule has 1 heterocycles. The smallest absolute Gasteiger partial charge is 0.216 e. The van der Waals surface area contributed by atoms with Crippen LogP contribution in [0.4, 0.5) is 0 Å². The lowest BCUT2D eigenvalue weighted by Gasteiger charge is -2.18. The zero-order valence-corrected chi connectivity index (χ0v) is 9.35. The van der Waals surface area contributed by atoms with Gasteiger partial charge in [0.15, 0.2) is 0 Å². The van der Waals surface area contributed by atoms with Gasteiger partial charge in [-0.1, -0.05) is 18.2 Å². The van der Waals surface area contributed by atoms with E-state index in [4.69, 9.17) is 9.88 Å². The van der Waals surface area contributed by atoms with Crippen LogP contribution in [0.15, 0.2) is 30.3 Å². The van der Waals surface area contributed by atoms with E-state index in [0.717, 1.165) is 0 Å². The van der Waals surface area contributed by atoms with Crippen molar-refractivity contribution in [2.24, 2.45) is 5.14 Å². The quantitative estimate of drug-likeness (QED) is 0.771. The highest BCUT2D eigenvalue weighted by Gasteiger charge is 2.37. The molecule has 1 aliphatic heterocycles. The average molecular weight is 241 g/mol. The first kappa shape index (κ1) is 11.4. The number of ether oxygens (including phenoxy) is 1. The van der Waals surface area contributed by atoms with E-state index in [1.54, 1.807) is 18.7 Å². The highest BCUT2D eigenvalue weighted by molar-refractivity contribution is 7.89. The van der Waals surface area contributed by atoms with Crippen molar-refractivity contribution in [3.8, 4) is 5.75 Å². The first-order chi connectivity index (χ1) is 7.57. The van der Waals surface area contributed by atoms with Crippen LogP contribution in [-0.2, 0) is 10.0 Å². The summed E-state index contributed by atoms with van der Waals surface area (Å²) in [6.45, 7) is 1.90. The van der Waals surface area contributed by atoms with Crippen molar-refractivity contribution in [3.63, 3.8) is 0 Å². The minimum Gasteiger partial charge on any atom is -0.487 e. The maximum atomic E-state index is 11.3. The molecule has 16 heavy (non-hydrogen) atoms. The van der Waals surface area contributed by atoms with Crippen LogP contribution in [0.5, 0.6) is 5.75 Å². The van der Waals surface area contributed by atoms with Gasteiger partial charge in [-0.25, -0.2) is 13.6 Å². The van der Waals surface area contributed by atoms with Gasteiger partial charge in [0, 0.05) is 6.54 Å². The molecule has 1 aromatic carbocycles. The van der Waals surface area contributed by atoms with E-state index >= 15 is 0 Å². The third-order valence-electron chi connectivity index (χ3n) is 2.40. The molecule has 2 rings (SSSR count). The molecule has 0 saturated carbocycles. The molecule has 1 radical (unpaired) electrons. The maximum Gasteiger partial charge on any atom is 0.216 e. The molecule has 87 valence electrons. The number of primary sulfonamides is 1. The van der Waals surface area contributed by atoms with E-state index < -0.39 is 21.4 Å². The molecule has 0 aliphatic carbocycles. The Bertz CT molecular complexity index is 446. The Morgan fingerprint density at radius 3 is 2.62 bits per heavy atom. The summed E-state index contributed by atoms with van der Waals surface area (Å²) in [6.07, 6.45) is -0.544. The van der Waals surface area contributed by atoms with Crippen molar-refractivity contribution in [1.29, 1.82) is 0 Å². The summed E-state index contributed by atoms with van der Waals surface area (Å²) in [5.74, 6) is 0.626. The summed E-state index contributed by atoms with van der Waals surface area (Å²) in [7, 11) is -3.59. The molecule has 0 amide bonds. The Kier molecular flexibility index (Phi) is 3.13. The molecule has 1 aliphatic rings. The first-order valence-corrected chi connectivity index (χ1v) is 6.48. The molecule has 1 aromatic rings. The highest BCUT2D eigenvalue weighted by atomic mass is 32.2. The van der Waals surface area contributed by atoms with E-state index in [1.807, 2.05) is 18.2 Å². The molecule has 1 saturated heterocycles. The van der Waals surface area contributed by atoms with Crippen LogP contribution in [0.3, 0.4) is 0 Å². The largest absolute Gasteiger partial charge is 0.487 e. The highest BCUT2D eigenvalue weighted by Crippen LogP contribution is 2.19. The summed E-state index contributed by atoms with van der Waals surface area (Å²) >= 11 is 0. The Hall–Kier alpha value is -1.11. The summed E-state index contributed by atoms with van der Waals surface area (Å²) < 4.78 is 28.1. The molecule has 0 spiro atoms. The fourth-order valence-electron chi connectivity index (χ4n) is 1.59. The normalized spacial score (nSPS) is 25.6. The Balaban J connectivity index is 2.11. The fourth-order valence-corrected chi connectivity index (χ4v) is 2.43. The van der Waals surface area contributed by atoms with Crippen molar-refractivity contribution in [3.05, 3.63) is 36.9 Å². The number of nitrogens with two attached hydrogens (primary N) is 1. The number of para-hydroxylation sites is 1. The zero-order chi connectivity index (χ0) is 11.6. The molecule has 3 N–H and O–H groups in total. The number of rotatable bonds is 3. The predicted molar refractivity (Wildman–Crippen MR) is 60.1 cm³/mol. The van der Waals surface area contributed by atoms with Crippen LogP contribution in [0, 0.1) is 6.54 Å². The van der Waals surface area contributed by atoms with Crippen molar-refractivity contribution in [1.82, 2.24) is 5.32 Å². The summed E-state index contributed by atoms with van der Waals surface area (Å²) in [6, 6.07) is 9.05. The van der Waals surface area contributed by atoms with E-state index in [0.29, 0.717) is 5.75 Å². The number of hydrogen-bond donors (Lipinski definition) is 2. The lowest BCUT2D eigenvalue weighted by molar-refractivity contribution is 0.244. The van der Waals surface area contributed by atoms with Crippen LogP contribution in [0.1, 0.15) is 0 Å². The van der Waals surface area contributed by atoms with E-state index in [9.17, 15) is 8.42 Å². The van der Waals surface area contributed by atoms with Crippen LogP contribution in [0.2, 0.25) is 0 Å². The second-order valence-electron chi connectivity index (χ2n) is 3.60. The van der Waals surface area contributed by atoms with Gasteiger partial charge in [-0.05, 0) is 12.1 Å². The topological polar surface area (TPSA) is 81.4 Å². The van der Waals surface area contributed by atoms with Gasteiger partial charge in [-0.15, -0.1) is 0 Å². The van der Waals surface area contributed by atoms with Gasteiger partial charge in [0.2, 0.25) is 10.0 Å². The minimum atomic E-state index is -3.59. The SMILES string of the molecule is NS(=O)(=O)C1CN[CH]C1Oc1ccccc1. The van der Waals surface area contributed by atoms with E-state index in [2.05, 4.69) is 5.32 Å². The number of nitrogens with one attached hydrogen (secondary N) is 1.